The first-order chi connectivity index (χ1) is 15.2. The third-order valence-electron chi connectivity index (χ3n) is 4.83. The van der Waals surface area contributed by atoms with E-state index < -0.39 is 16.0 Å². The van der Waals surface area contributed by atoms with Gasteiger partial charge in [-0.15, -0.1) is 0 Å². The third-order valence-corrected chi connectivity index (χ3v) is 5.50. The van der Waals surface area contributed by atoms with Crippen molar-refractivity contribution >= 4 is 16.0 Å². The number of carboxylic acids is 1. The molecule has 0 bridgehead atoms. The van der Waals surface area contributed by atoms with Crippen LogP contribution < -0.4 is 9.46 Å². The van der Waals surface area contributed by atoms with Crippen LogP contribution >= 0.6 is 0 Å². The number of nitrogens with zero attached hydrogens (tertiary/aromatic N) is 1. The Balaban J connectivity index is 1.66. The van der Waals surface area contributed by atoms with Gasteiger partial charge in [0.15, 0.2) is 0 Å². The summed E-state index contributed by atoms with van der Waals surface area (Å²) in [5.41, 5.74) is 3.15. The number of carboxylic acid groups (broad SMARTS) is 1. The van der Waals surface area contributed by atoms with E-state index in [0.29, 0.717) is 36.7 Å². The van der Waals surface area contributed by atoms with E-state index in [1.165, 1.54) is 0 Å². The molecule has 2 N–H and O–H groups in total. The molecule has 0 fully saturated rings. The fourth-order valence-electron chi connectivity index (χ4n) is 3.18. The first-order valence-electron chi connectivity index (χ1n) is 10.1. The molecule has 0 amide bonds. The molecule has 32 heavy (non-hydrogen) atoms. The van der Waals surface area contributed by atoms with Crippen LogP contribution in [0.1, 0.15) is 29.0 Å². The van der Waals surface area contributed by atoms with Gasteiger partial charge in [-0.1, -0.05) is 24.3 Å². The monoisotopic (exact) mass is 458 g/mol. The normalized spacial score (nSPS) is 11.4. The average Bonchev–Trinajstić information content (AvgIpc) is 3.12. The first-order valence-corrected chi connectivity index (χ1v) is 12.0. The van der Waals surface area contributed by atoms with Crippen molar-refractivity contribution in [2.24, 2.45) is 0 Å². The summed E-state index contributed by atoms with van der Waals surface area (Å²) in [4.78, 5) is 15.5. The molecular weight excluding hydrogens is 432 g/mol. The molecule has 9 heteroatoms. The largest absolute Gasteiger partial charge is 0.493 e. The summed E-state index contributed by atoms with van der Waals surface area (Å²) >= 11 is 0. The summed E-state index contributed by atoms with van der Waals surface area (Å²) in [7, 11) is -3.39. The Morgan fingerprint density at radius 3 is 2.56 bits per heavy atom. The number of hydrogen-bond acceptors (Lipinski definition) is 6. The van der Waals surface area contributed by atoms with Gasteiger partial charge in [-0.05, 0) is 48.7 Å². The van der Waals surface area contributed by atoms with E-state index in [9.17, 15) is 13.2 Å². The predicted molar refractivity (Wildman–Crippen MR) is 120 cm³/mol. The zero-order chi connectivity index (χ0) is 23.1. The molecule has 0 aliphatic rings. The number of aromatic nitrogens is 1. The van der Waals surface area contributed by atoms with Gasteiger partial charge in [-0.3, -0.25) is 4.79 Å². The van der Waals surface area contributed by atoms with Crippen LogP contribution in [0.25, 0.3) is 11.5 Å². The summed E-state index contributed by atoms with van der Waals surface area (Å²) in [5.74, 6) is 0.952. The summed E-state index contributed by atoms with van der Waals surface area (Å²) < 4.78 is 37.0. The number of benzene rings is 2. The molecule has 1 heterocycles. The van der Waals surface area contributed by atoms with Crippen LogP contribution in [0.2, 0.25) is 0 Å². The maximum absolute atomic E-state index is 11.5. The van der Waals surface area contributed by atoms with Gasteiger partial charge in [-0.25, -0.2) is 18.1 Å². The van der Waals surface area contributed by atoms with E-state index >= 15 is 0 Å². The van der Waals surface area contributed by atoms with E-state index in [-0.39, 0.29) is 13.0 Å². The van der Waals surface area contributed by atoms with Crippen molar-refractivity contribution in [1.29, 1.82) is 0 Å². The lowest BCUT2D eigenvalue weighted by Crippen LogP contribution is -2.22. The Morgan fingerprint density at radius 1 is 1.12 bits per heavy atom. The maximum atomic E-state index is 11.5. The van der Waals surface area contributed by atoms with Crippen LogP contribution in [-0.4, -0.2) is 37.3 Å². The summed E-state index contributed by atoms with van der Waals surface area (Å²) in [5, 5.41) is 8.95. The third kappa shape index (κ3) is 6.93. The van der Waals surface area contributed by atoms with Crippen molar-refractivity contribution in [1.82, 2.24) is 9.71 Å². The number of carbonyl (C=O) groups is 1. The Bertz CT molecular complexity index is 1170. The van der Waals surface area contributed by atoms with Crippen LogP contribution in [-0.2, 0) is 34.2 Å². The summed E-state index contributed by atoms with van der Waals surface area (Å²) in [6, 6.07) is 14.9. The fourth-order valence-corrected chi connectivity index (χ4v) is 3.60. The maximum Gasteiger partial charge on any atom is 0.303 e. The molecule has 3 aromatic rings. The SMILES string of the molecule is Cc1oc(-c2ccccc2)nc1CCOc1ccc(CCC(=O)O)c(CNS(C)(=O)=O)c1. The lowest BCUT2D eigenvalue weighted by molar-refractivity contribution is -0.136. The number of aliphatic carboxylic acids is 1. The van der Waals surface area contributed by atoms with Gasteiger partial charge in [0.05, 0.1) is 18.6 Å². The lowest BCUT2D eigenvalue weighted by Gasteiger charge is -2.13. The van der Waals surface area contributed by atoms with Gasteiger partial charge in [0, 0.05) is 24.9 Å². The smallest absolute Gasteiger partial charge is 0.303 e. The minimum Gasteiger partial charge on any atom is -0.493 e. The average molecular weight is 459 g/mol. The Labute approximate surface area is 187 Å². The second kappa shape index (κ2) is 10.4. The highest BCUT2D eigenvalue weighted by Crippen LogP contribution is 2.23. The highest BCUT2D eigenvalue weighted by atomic mass is 32.2. The van der Waals surface area contributed by atoms with Gasteiger partial charge < -0.3 is 14.3 Å². The van der Waals surface area contributed by atoms with Crippen molar-refractivity contribution in [2.45, 2.75) is 32.7 Å². The van der Waals surface area contributed by atoms with E-state index in [0.717, 1.165) is 28.8 Å². The van der Waals surface area contributed by atoms with Crippen LogP contribution in [0.5, 0.6) is 5.75 Å². The molecule has 0 aliphatic carbocycles. The van der Waals surface area contributed by atoms with Gasteiger partial charge >= 0.3 is 5.97 Å². The lowest BCUT2D eigenvalue weighted by atomic mass is 10.0. The fraction of sp³-hybridized carbons (Fsp3) is 0.304. The second-order valence-electron chi connectivity index (χ2n) is 7.40. The molecule has 0 saturated heterocycles. The number of sulfonamides is 1. The minimum absolute atomic E-state index is 0.0404. The van der Waals surface area contributed by atoms with Crippen molar-refractivity contribution in [3.8, 4) is 17.2 Å². The van der Waals surface area contributed by atoms with Gasteiger partial charge in [0.2, 0.25) is 15.9 Å². The molecule has 3 rings (SSSR count). The van der Waals surface area contributed by atoms with Crippen LogP contribution in [0.4, 0.5) is 0 Å². The zero-order valence-corrected chi connectivity index (χ0v) is 18.8. The van der Waals surface area contributed by atoms with Gasteiger partial charge in [0.25, 0.3) is 0 Å². The van der Waals surface area contributed by atoms with Crippen LogP contribution in [0, 0.1) is 6.92 Å². The highest BCUT2D eigenvalue weighted by molar-refractivity contribution is 7.88. The van der Waals surface area contributed by atoms with Crippen molar-refractivity contribution in [3.63, 3.8) is 0 Å². The van der Waals surface area contributed by atoms with Gasteiger partial charge in [-0.2, -0.15) is 0 Å². The minimum atomic E-state index is -3.39. The molecule has 0 atom stereocenters. The standard InChI is InChI=1S/C23H26N2O6S/c1-16-21(25-23(31-16)18-6-4-3-5-7-18)12-13-30-20-10-8-17(9-11-22(26)27)19(14-20)15-24-32(2,28)29/h3-8,10,14,24H,9,11-13,15H2,1-2H3,(H,26,27). The number of nitrogens with one attached hydrogen (secondary N) is 1. The molecule has 0 unspecified atom stereocenters. The molecule has 0 aliphatic heterocycles. The van der Waals surface area contributed by atoms with E-state index in [1.54, 1.807) is 18.2 Å². The van der Waals surface area contributed by atoms with Crippen molar-refractivity contribution in [3.05, 3.63) is 71.1 Å². The number of aryl methyl sites for hydroxylation is 2. The Kier molecular flexibility index (Phi) is 7.66. The van der Waals surface area contributed by atoms with Crippen LogP contribution in [0.3, 0.4) is 0 Å². The quantitative estimate of drug-likeness (QED) is 0.452. The Morgan fingerprint density at radius 2 is 1.88 bits per heavy atom. The number of hydrogen-bond donors (Lipinski definition) is 2. The van der Waals surface area contributed by atoms with E-state index in [4.69, 9.17) is 14.3 Å². The van der Waals surface area contributed by atoms with Gasteiger partial charge in [0.1, 0.15) is 11.5 Å². The molecule has 0 radical (unpaired) electrons. The molecule has 1 aromatic heterocycles. The number of ether oxygens (including phenoxy) is 1. The zero-order valence-electron chi connectivity index (χ0n) is 18.0. The molecule has 170 valence electrons. The number of rotatable bonds is 11. The van der Waals surface area contributed by atoms with E-state index in [2.05, 4.69) is 9.71 Å². The van der Waals surface area contributed by atoms with Crippen molar-refractivity contribution < 1.29 is 27.5 Å². The Hall–Kier alpha value is -3.17. The predicted octanol–water partition coefficient (Wildman–Crippen LogP) is 3.34. The molecule has 2 aromatic carbocycles. The molecule has 8 nitrogen and oxygen atoms in total. The summed E-state index contributed by atoms with van der Waals surface area (Å²) in [6.45, 7) is 2.28. The van der Waals surface area contributed by atoms with Crippen LogP contribution in [0.15, 0.2) is 52.9 Å². The molecular formula is C23H26N2O6S. The van der Waals surface area contributed by atoms with Crippen molar-refractivity contribution in [2.75, 3.05) is 12.9 Å². The number of oxazole rings is 1. The molecule has 0 spiro atoms. The first kappa shape index (κ1) is 23.5. The van der Waals surface area contributed by atoms with E-state index in [1.807, 2.05) is 37.3 Å². The highest BCUT2D eigenvalue weighted by Gasteiger charge is 2.13. The topological polar surface area (TPSA) is 119 Å². The molecule has 0 saturated carbocycles. The second-order valence-corrected chi connectivity index (χ2v) is 9.24. The summed E-state index contributed by atoms with van der Waals surface area (Å²) in [6.07, 6.45) is 1.88.